The predicted octanol–water partition coefficient (Wildman–Crippen LogP) is 4.80. The van der Waals surface area contributed by atoms with E-state index in [1.54, 1.807) is 0 Å². The maximum absolute atomic E-state index is 12.8. The van der Waals surface area contributed by atoms with Crippen molar-refractivity contribution in [3.8, 4) is 0 Å². The summed E-state index contributed by atoms with van der Waals surface area (Å²) in [6, 6.07) is 3.14. The van der Waals surface area contributed by atoms with E-state index in [4.69, 9.17) is 12.6 Å². The normalized spacial score (nSPS) is 16.8. The number of nitrogens with zero attached hydrogens (tertiary/aromatic N) is 1. The van der Waals surface area contributed by atoms with E-state index < -0.39 is 11.7 Å². The highest BCUT2D eigenvalue weighted by Gasteiger charge is 2.32. The van der Waals surface area contributed by atoms with Gasteiger partial charge in [0.05, 0.1) is 16.1 Å². The maximum Gasteiger partial charge on any atom is 0.416 e. The van der Waals surface area contributed by atoms with Crippen LogP contribution in [0.4, 0.5) is 18.9 Å². The molecule has 0 N–H and O–H groups in total. The van der Waals surface area contributed by atoms with Crippen molar-refractivity contribution in [1.29, 1.82) is 0 Å². The number of halogens is 3. The molecule has 2 nitrogen and oxygen atoms in total. The van der Waals surface area contributed by atoms with Crippen LogP contribution in [-0.2, 0) is 11.0 Å². The number of amides is 1. The first-order chi connectivity index (χ1) is 9.80. The quantitative estimate of drug-likeness (QED) is 0.767. The van der Waals surface area contributed by atoms with Crippen LogP contribution in [0.5, 0.6) is 0 Å². The molecule has 1 fully saturated rings. The molecule has 0 bridgehead atoms. The van der Waals surface area contributed by atoms with Crippen LogP contribution in [0.15, 0.2) is 23.1 Å². The van der Waals surface area contributed by atoms with Gasteiger partial charge in [0.25, 0.3) is 0 Å². The molecule has 0 atom stereocenters. The highest BCUT2D eigenvalue weighted by atomic mass is 32.1. The Hall–Kier alpha value is -1.30. The zero-order chi connectivity index (χ0) is 15.6. The van der Waals surface area contributed by atoms with E-state index >= 15 is 0 Å². The van der Waals surface area contributed by atoms with Crippen molar-refractivity contribution in [3.05, 3.63) is 23.8 Å². The van der Waals surface area contributed by atoms with Crippen molar-refractivity contribution in [2.24, 2.45) is 5.92 Å². The molecule has 0 unspecified atom stereocenters. The highest BCUT2D eigenvalue weighted by molar-refractivity contribution is 7.80. The molecule has 2 rings (SSSR count). The van der Waals surface area contributed by atoms with E-state index in [1.165, 1.54) is 18.0 Å². The van der Waals surface area contributed by atoms with Crippen molar-refractivity contribution in [1.82, 2.24) is 0 Å². The molecule has 0 aromatic heterocycles. The third kappa shape index (κ3) is 3.67. The fraction of sp³-hybridized carbons (Fsp3) is 0.533. The second-order valence-electron chi connectivity index (χ2n) is 5.41. The number of alkyl halides is 3. The van der Waals surface area contributed by atoms with Gasteiger partial charge in [-0.3, -0.25) is 4.79 Å². The lowest BCUT2D eigenvalue weighted by Crippen LogP contribution is -2.34. The summed E-state index contributed by atoms with van der Waals surface area (Å²) in [5.74, 6) is -0.243. The van der Waals surface area contributed by atoms with Gasteiger partial charge in [0, 0.05) is 13.0 Å². The predicted molar refractivity (Wildman–Crippen MR) is 77.3 cm³/mol. The Morgan fingerprint density at radius 1 is 1.24 bits per heavy atom. The first-order valence-corrected chi connectivity index (χ1v) is 7.37. The van der Waals surface area contributed by atoms with Gasteiger partial charge in [-0.15, -0.1) is 0 Å². The van der Waals surface area contributed by atoms with Crippen molar-refractivity contribution in [2.45, 2.75) is 43.2 Å². The van der Waals surface area contributed by atoms with E-state index in [0.717, 1.165) is 44.2 Å². The van der Waals surface area contributed by atoms with Crippen LogP contribution < -0.4 is 4.90 Å². The Balaban J connectivity index is 2.25. The van der Waals surface area contributed by atoms with Gasteiger partial charge in [-0.2, -0.15) is 13.2 Å². The van der Waals surface area contributed by atoms with Crippen LogP contribution in [0.3, 0.4) is 0 Å². The van der Waals surface area contributed by atoms with E-state index in [0.29, 0.717) is 0 Å². The van der Waals surface area contributed by atoms with Crippen molar-refractivity contribution in [3.63, 3.8) is 0 Å². The van der Waals surface area contributed by atoms with Crippen LogP contribution >= 0.6 is 12.6 Å². The van der Waals surface area contributed by atoms with Gasteiger partial charge < -0.3 is 4.90 Å². The van der Waals surface area contributed by atoms with E-state index in [9.17, 15) is 18.0 Å². The average Bonchev–Trinajstić information content (AvgIpc) is 2.46. The zero-order valence-corrected chi connectivity index (χ0v) is 12.6. The largest absolute Gasteiger partial charge is 0.416 e. The third-order valence-electron chi connectivity index (χ3n) is 3.93. The molecular weight excluding hydrogens is 299 g/mol. The van der Waals surface area contributed by atoms with Crippen molar-refractivity contribution < 1.29 is 18.0 Å². The molecule has 1 saturated carbocycles. The van der Waals surface area contributed by atoms with Gasteiger partial charge in [0.1, 0.15) is 0 Å². The first kappa shape index (κ1) is 16.1. The van der Waals surface area contributed by atoms with Crippen molar-refractivity contribution in [2.75, 3.05) is 11.9 Å². The molecule has 1 amide bonds. The van der Waals surface area contributed by atoms with Gasteiger partial charge in [-0.05, 0) is 31.0 Å². The topological polar surface area (TPSA) is 20.3 Å². The lowest BCUT2D eigenvalue weighted by atomic mass is 9.88. The number of rotatable bonds is 2. The number of hydrogen-bond acceptors (Lipinski definition) is 1. The molecule has 1 aromatic rings. The minimum Gasteiger partial charge on any atom is -0.314 e. The van der Waals surface area contributed by atoms with Gasteiger partial charge in [0.2, 0.25) is 5.91 Å². The SMILES string of the molecule is CN(C(=O)C1CCCCC1)c1cc(C(F)(F)F)ccc1[S]. The summed E-state index contributed by atoms with van der Waals surface area (Å²) in [7, 11) is 1.50. The summed E-state index contributed by atoms with van der Waals surface area (Å²) >= 11 is 5.07. The second kappa shape index (κ2) is 6.22. The van der Waals surface area contributed by atoms with Crippen LogP contribution in [0.2, 0.25) is 0 Å². The second-order valence-corrected chi connectivity index (χ2v) is 5.85. The fourth-order valence-electron chi connectivity index (χ4n) is 2.70. The minimum absolute atomic E-state index is 0.104. The summed E-state index contributed by atoms with van der Waals surface area (Å²) in [6.45, 7) is 0. The lowest BCUT2D eigenvalue weighted by molar-refractivity contribution is -0.137. The first-order valence-electron chi connectivity index (χ1n) is 6.96. The summed E-state index contributed by atoms with van der Waals surface area (Å²) in [6.07, 6.45) is 0.265. The number of benzene rings is 1. The molecule has 0 heterocycles. The average molecular weight is 316 g/mol. The Morgan fingerprint density at radius 3 is 2.43 bits per heavy atom. The Kier molecular flexibility index (Phi) is 4.76. The van der Waals surface area contributed by atoms with Crippen LogP contribution in [-0.4, -0.2) is 13.0 Å². The molecule has 0 spiro atoms. The number of anilines is 1. The van der Waals surface area contributed by atoms with Crippen LogP contribution in [0, 0.1) is 5.92 Å². The minimum atomic E-state index is -4.44. The Bertz CT molecular complexity index is 524. The van der Waals surface area contributed by atoms with E-state index in [-0.39, 0.29) is 22.4 Å². The fourth-order valence-corrected chi connectivity index (χ4v) is 2.96. The zero-order valence-electron chi connectivity index (χ0n) is 11.7. The highest BCUT2D eigenvalue weighted by Crippen LogP contribution is 2.35. The molecule has 1 aliphatic carbocycles. The van der Waals surface area contributed by atoms with Crippen LogP contribution in [0.25, 0.3) is 0 Å². The molecule has 115 valence electrons. The van der Waals surface area contributed by atoms with Gasteiger partial charge in [-0.25, -0.2) is 0 Å². The molecule has 0 aliphatic heterocycles. The Labute approximate surface area is 127 Å². The van der Waals surface area contributed by atoms with E-state index in [1.807, 2.05) is 0 Å². The maximum atomic E-state index is 12.8. The Morgan fingerprint density at radius 2 is 1.86 bits per heavy atom. The standard InChI is InChI=1S/C15H17F3NOS/c1-19(14(20)10-5-3-2-4-6-10)12-9-11(15(16,17)18)7-8-13(12)21/h7-10H,2-6H2,1H3. The van der Waals surface area contributed by atoms with Gasteiger partial charge in [-0.1, -0.05) is 31.9 Å². The molecule has 1 radical (unpaired) electrons. The molecule has 21 heavy (non-hydrogen) atoms. The third-order valence-corrected chi connectivity index (χ3v) is 4.28. The van der Waals surface area contributed by atoms with Crippen molar-refractivity contribution >= 4 is 24.2 Å². The monoisotopic (exact) mass is 316 g/mol. The van der Waals surface area contributed by atoms with Crippen LogP contribution in [0.1, 0.15) is 37.7 Å². The molecular formula is C15H17F3NOS. The number of hydrogen-bond donors (Lipinski definition) is 0. The van der Waals surface area contributed by atoms with Gasteiger partial charge in [0.15, 0.2) is 0 Å². The van der Waals surface area contributed by atoms with Gasteiger partial charge >= 0.3 is 6.18 Å². The lowest BCUT2D eigenvalue weighted by Gasteiger charge is -2.27. The summed E-state index contributed by atoms with van der Waals surface area (Å²) < 4.78 is 38.3. The number of carbonyl (C=O) groups excluding carboxylic acids is 1. The number of carbonyl (C=O) groups is 1. The van der Waals surface area contributed by atoms with E-state index in [2.05, 4.69) is 0 Å². The molecule has 0 saturated heterocycles. The molecule has 1 aliphatic rings. The summed E-state index contributed by atoms with van der Waals surface area (Å²) in [4.78, 5) is 14.0. The molecule has 6 heteroatoms. The summed E-state index contributed by atoms with van der Waals surface area (Å²) in [5, 5.41) is 0. The smallest absolute Gasteiger partial charge is 0.314 e. The summed E-state index contributed by atoms with van der Waals surface area (Å²) in [5.41, 5.74) is -0.621. The molecule has 1 aromatic carbocycles.